The van der Waals surface area contributed by atoms with Gasteiger partial charge in [0, 0.05) is 10.5 Å². The summed E-state index contributed by atoms with van der Waals surface area (Å²) in [5, 5.41) is 3.26. The van der Waals surface area contributed by atoms with Crippen LogP contribution >= 0.6 is 15.9 Å². The minimum Gasteiger partial charge on any atom is -0.313 e. The zero-order valence-electron chi connectivity index (χ0n) is 8.76. The fourth-order valence-electron chi connectivity index (χ4n) is 1.88. The van der Waals surface area contributed by atoms with Gasteiger partial charge in [-0.1, -0.05) is 28.8 Å². The summed E-state index contributed by atoms with van der Waals surface area (Å²) in [6, 6.07) is 5.39. The molecule has 82 valence electrons. The standard InChI is InChI=1S/C12H15BrFN/c1-15-12(4-8-2-3-8)9-5-10(13)7-11(14)6-9/h5-8,12,15H,2-4H2,1H3. The van der Waals surface area contributed by atoms with E-state index >= 15 is 0 Å². The van der Waals surface area contributed by atoms with Gasteiger partial charge in [0.25, 0.3) is 0 Å². The lowest BCUT2D eigenvalue weighted by molar-refractivity contribution is 0.510. The Morgan fingerprint density at radius 3 is 2.73 bits per heavy atom. The third kappa shape index (κ3) is 3.02. The van der Waals surface area contributed by atoms with Crippen LogP contribution in [-0.2, 0) is 0 Å². The molecule has 1 aromatic rings. The van der Waals surface area contributed by atoms with Crippen molar-refractivity contribution in [3.63, 3.8) is 0 Å². The molecular weight excluding hydrogens is 257 g/mol. The maximum atomic E-state index is 13.2. The van der Waals surface area contributed by atoms with Gasteiger partial charge < -0.3 is 5.32 Å². The third-order valence-electron chi connectivity index (χ3n) is 2.90. The molecule has 0 spiro atoms. The number of benzene rings is 1. The van der Waals surface area contributed by atoms with Crippen molar-refractivity contribution in [3.05, 3.63) is 34.1 Å². The molecule has 0 saturated heterocycles. The van der Waals surface area contributed by atoms with Crippen LogP contribution in [0.15, 0.2) is 22.7 Å². The summed E-state index contributed by atoms with van der Waals surface area (Å²) < 4.78 is 14.0. The first-order valence-electron chi connectivity index (χ1n) is 5.32. The minimum absolute atomic E-state index is 0.171. The fourth-order valence-corrected chi connectivity index (χ4v) is 2.37. The van der Waals surface area contributed by atoms with E-state index in [4.69, 9.17) is 0 Å². The van der Waals surface area contributed by atoms with Crippen LogP contribution in [0.4, 0.5) is 4.39 Å². The summed E-state index contributed by atoms with van der Waals surface area (Å²) in [6.07, 6.45) is 3.77. The van der Waals surface area contributed by atoms with Gasteiger partial charge in [-0.05, 0) is 43.1 Å². The van der Waals surface area contributed by atoms with Crippen LogP contribution in [0.1, 0.15) is 30.9 Å². The summed E-state index contributed by atoms with van der Waals surface area (Å²) in [6.45, 7) is 0. The predicted octanol–water partition coefficient (Wildman–Crippen LogP) is 3.65. The molecule has 0 aliphatic heterocycles. The Hall–Kier alpha value is -0.410. The molecule has 0 amide bonds. The van der Waals surface area contributed by atoms with E-state index in [2.05, 4.69) is 21.2 Å². The summed E-state index contributed by atoms with van der Waals surface area (Å²) in [5.41, 5.74) is 1.04. The molecular formula is C12H15BrFN. The Morgan fingerprint density at radius 2 is 2.20 bits per heavy atom. The van der Waals surface area contributed by atoms with E-state index in [-0.39, 0.29) is 11.9 Å². The highest BCUT2D eigenvalue weighted by Crippen LogP contribution is 2.37. The molecule has 0 heterocycles. The highest BCUT2D eigenvalue weighted by molar-refractivity contribution is 9.10. The van der Waals surface area contributed by atoms with E-state index in [1.54, 1.807) is 6.07 Å². The predicted molar refractivity (Wildman–Crippen MR) is 63.2 cm³/mol. The maximum absolute atomic E-state index is 13.2. The third-order valence-corrected chi connectivity index (χ3v) is 3.36. The summed E-state index contributed by atoms with van der Waals surface area (Å²) in [7, 11) is 1.94. The molecule has 1 aliphatic rings. The molecule has 0 bridgehead atoms. The molecule has 1 fully saturated rings. The van der Waals surface area contributed by atoms with Crippen molar-refractivity contribution < 1.29 is 4.39 Å². The molecule has 1 atom stereocenters. The van der Waals surface area contributed by atoms with Gasteiger partial charge in [0.05, 0.1) is 0 Å². The van der Waals surface area contributed by atoms with Gasteiger partial charge in [0.1, 0.15) is 5.82 Å². The lowest BCUT2D eigenvalue weighted by Gasteiger charge is -2.16. The Kier molecular flexibility index (Phi) is 3.42. The van der Waals surface area contributed by atoms with E-state index < -0.39 is 0 Å². The van der Waals surface area contributed by atoms with E-state index in [0.717, 1.165) is 22.4 Å². The van der Waals surface area contributed by atoms with E-state index in [9.17, 15) is 4.39 Å². The second kappa shape index (κ2) is 4.62. The number of halogens is 2. The molecule has 0 radical (unpaired) electrons. The zero-order valence-corrected chi connectivity index (χ0v) is 10.3. The van der Waals surface area contributed by atoms with Crippen LogP contribution in [0.5, 0.6) is 0 Å². The van der Waals surface area contributed by atoms with Crippen molar-refractivity contribution in [1.82, 2.24) is 5.32 Å². The van der Waals surface area contributed by atoms with Crippen molar-refractivity contribution in [2.24, 2.45) is 5.92 Å². The van der Waals surface area contributed by atoms with Crippen molar-refractivity contribution in [1.29, 1.82) is 0 Å². The first-order chi connectivity index (χ1) is 7.19. The smallest absolute Gasteiger partial charge is 0.124 e. The van der Waals surface area contributed by atoms with Crippen LogP contribution in [0.25, 0.3) is 0 Å². The monoisotopic (exact) mass is 271 g/mol. The van der Waals surface area contributed by atoms with Gasteiger partial charge in [0.2, 0.25) is 0 Å². The SMILES string of the molecule is CNC(CC1CC1)c1cc(F)cc(Br)c1. The fraction of sp³-hybridized carbons (Fsp3) is 0.500. The van der Waals surface area contributed by atoms with E-state index in [1.807, 2.05) is 13.1 Å². The molecule has 1 unspecified atom stereocenters. The van der Waals surface area contributed by atoms with Crippen molar-refractivity contribution in [2.45, 2.75) is 25.3 Å². The average Bonchev–Trinajstić information content (AvgIpc) is 2.96. The quantitative estimate of drug-likeness (QED) is 0.882. The highest BCUT2D eigenvalue weighted by atomic mass is 79.9. The maximum Gasteiger partial charge on any atom is 0.124 e. The van der Waals surface area contributed by atoms with Crippen LogP contribution < -0.4 is 5.32 Å². The zero-order chi connectivity index (χ0) is 10.8. The van der Waals surface area contributed by atoms with Crippen molar-refractivity contribution in [2.75, 3.05) is 7.05 Å². The second-order valence-corrected chi connectivity index (χ2v) is 5.14. The van der Waals surface area contributed by atoms with Crippen LogP contribution in [0, 0.1) is 11.7 Å². The van der Waals surface area contributed by atoms with Gasteiger partial charge in [-0.15, -0.1) is 0 Å². The summed E-state index contributed by atoms with van der Waals surface area (Å²) in [5.74, 6) is 0.667. The molecule has 3 heteroatoms. The number of hydrogen-bond acceptors (Lipinski definition) is 1. The minimum atomic E-state index is -0.171. The average molecular weight is 272 g/mol. The largest absolute Gasteiger partial charge is 0.313 e. The Bertz CT molecular complexity index is 329. The summed E-state index contributed by atoms with van der Waals surface area (Å²) >= 11 is 3.32. The number of hydrogen-bond donors (Lipinski definition) is 1. The first kappa shape index (κ1) is 11.1. The van der Waals surface area contributed by atoms with Gasteiger partial charge in [-0.2, -0.15) is 0 Å². The number of rotatable bonds is 4. The van der Waals surface area contributed by atoms with Gasteiger partial charge >= 0.3 is 0 Å². The van der Waals surface area contributed by atoms with E-state index in [0.29, 0.717) is 0 Å². The Morgan fingerprint density at radius 1 is 1.47 bits per heavy atom. The van der Waals surface area contributed by atoms with Crippen LogP contribution in [0.3, 0.4) is 0 Å². The molecule has 1 N–H and O–H groups in total. The van der Waals surface area contributed by atoms with Crippen molar-refractivity contribution in [3.8, 4) is 0 Å². The first-order valence-corrected chi connectivity index (χ1v) is 6.11. The van der Waals surface area contributed by atoms with Gasteiger partial charge in [0.15, 0.2) is 0 Å². The summed E-state index contributed by atoms with van der Waals surface area (Å²) in [4.78, 5) is 0. The normalized spacial score (nSPS) is 17.8. The lowest BCUT2D eigenvalue weighted by Crippen LogP contribution is -2.17. The highest BCUT2D eigenvalue weighted by Gasteiger charge is 2.25. The van der Waals surface area contributed by atoms with Crippen LogP contribution in [-0.4, -0.2) is 7.05 Å². The second-order valence-electron chi connectivity index (χ2n) is 4.22. The molecule has 1 nitrogen and oxygen atoms in total. The molecule has 0 aromatic heterocycles. The lowest BCUT2D eigenvalue weighted by atomic mass is 10.0. The Labute approximate surface area is 98.2 Å². The van der Waals surface area contributed by atoms with Crippen molar-refractivity contribution >= 4 is 15.9 Å². The van der Waals surface area contributed by atoms with E-state index in [1.165, 1.54) is 18.9 Å². The topological polar surface area (TPSA) is 12.0 Å². The molecule has 15 heavy (non-hydrogen) atoms. The molecule has 1 saturated carbocycles. The molecule has 1 aromatic carbocycles. The number of nitrogens with one attached hydrogen (secondary N) is 1. The van der Waals surface area contributed by atoms with Gasteiger partial charge in [-0.25, -0.2) is 4.39 Å². The van der Waals surface area contributed by atoms with Crippen LogP contribution in [0.2, 0.25) is 0 Å². The Balaban J connectivity index is 2.16. The molecule has 1 aliphatic carbocycles. The molecule has 2 rings (SSSR count). The van der Waals surface area contributed by atoms with Gasteiger partial charge in [-0.3, -0.25) is 0 Å².